The lowest BCUT2D eigenvalue weighted by Gasteiger charge is -2.27. The summed E-state index contributed by atoms with van der Waals surface area (Å²) in [6.07, 6.45) is 0.364. The minimum Gasteiger partial charge on any atom is -0.465 e. The maximum atomic E-state index is 12.5. The second-order valence-electron chi connectivity index (χ2n) is 5.89. The van der Waals surface area contributed by atoms with E-state index in [1.807, 2.05) is 11.8 Å². The van der Waals surface area contributed by atoms with Crippen LogP contribution in [0.4, 0.5) is 8.78 Å². The van der Waals surface area contributed by atoms with Gasteiger partial charge in [0.1, 0.15) is 6.04 Å². The van der Waals surface area contributed by atoms with E-state index in [9.17, 15) is 18.4 Å². The average molecular weight is 332 g/mol. The topological polar surface area (TPSA) is 58.6 Å². The lowest BCUT2D eigenvalue weighted by atomic mass is 10.0. The quantitative estimate of drug-likeness (QED) is 0.692. The van der Waals surface area contributed by atoms with Crippen LogP contribution in [-0.2, 0) is 14.3 Å². The molecule has 0 aromatic rings. The standard InChI is InChI=1S/C16H26F2N2O3/c1-4-12(8-19-11(3)21)9-20-10-13(7-15(17)18)6-14(20)16(22)23-5-2/h7,12-14H,4-6,8-10H2,1-3H3,(H,19,21)/t12?,13-,14+/m0/s1. The van der Waals surface area contributed by atoms with Gasteiger partial charge in [0.2, 0.25) is 5.91 Å². The smallest absolute Gasteiger partial charge is 0.323 e. The van der Waals surface area contributed by atoms with Gasteiger partial charge in [-0.2, -0.15) is 8.78 Å². The number of esters is 1. The van der Waals surface area contributed by atoms with Gasteiger partial charge < -0.3 is 10.1 Å². The summed E-state index contributed by atoms with van der Waals surface area (Å²) in [6.45, 7) is 6.92. The van der Waals surface area contributed by atoms with Crippen LogP contribution in [0.1, 0.15) is 33.6 Å². The van der Waals surface area contributed by atoms with Crippen LogP contribution in [0.2, 0.25) is 0 Å². The predicted octanol–water partition coefficient (Wildman–Crippen LogP) is 2.18. The van der Waals surface area contributed by atoms with E-state index in [1.165, 1.54) is 6.92 Å². The largest absolute Gasteiger partial charge is 0.465 e. The van der Waals surface area contributed by atoms with Crippen LogP contribution in [0.5, 0.6) is 0 Å². The number of carbonyl (C=O) groups is 2. The normalized spacial score (nSPS) is 22.5. The molecule has 0 saturated carbocycles. The molecule has 0 radical (unpaired) electrons. The Morgan fingerprint density at radius 3 is 2.61 bits per heavy atom. The number of halogens is 2. The van der Waals surface area contributed by atoms with Crippen molar-refractivity contribution in [3.8, 4) is 0 Å². The number of hydrogen-bond donors (Lipinski definition) is 1. The van der Waals surface area contributed by atoms with Gasteiger partial charge in [-0.1, -0.05) is 13.3 Å². The molecule has 7 heteroatoms. The van der Waals surface area contributed by atoms with Gasteiger partial charge in [-0.3, -0.25) is 14.5 Å². The molecule has 1 unspecified atom stereocenters. The third-order valence-electron chi connectivity index (χ3n) is 4.07. The molecule has 0 aromatic carbocycles. The molecule has 3 atom stereocenters. The Morgan fingerprint density at radius 2 is 2.09 bits per heavy atom. The van der Waals surface area contributed by atoms with Crippen molar-refractivity contribution < 1.29 is 23.1 Å². The Bertz CT molecular complexity index is 439. The molecule has 1 heterocycles. The van der Waals surface area contributed by atoms with Crippen molar-refractivity contribution >= 4 is 11.9 Å². The predicted molar refractivity (Wildman–Crippen MR) is 82.9 cm³/mol. The lowest BCUT2D eigenvalue weighted by Crippen LogP contribution is -2.42. The molecule has 1 saturated heterocycles. The Hall–Kier alpha value is -1.50. The Kier molecular flexibility index (Phi) is 8.16. The summed E-state index contributed by atoms with van der Waals surface area (Å²) in [5.74, 6) is -0.661. The second kappa shape index (κ2) is 9.60. The summed E-state index contributed by atoms with van der Waals surface area (Å²) >= 11 is 0. The highest BCUT2D eigenvalue weighted by Crippen LogP contribution is 2.28. The van der Waals surface area contributed by atoms with Gasteiger partial charge >= 0.3 is 5.97 Å². The first-order chi connectivity index (χ1) is 10.9. The summed E-state index contributed by atoms with van der Waals surface area (Å²) in [5.41, 5.74) is 0. The van der Waals surface area contributed by atoms with Gasteiger partial charge in [0.25, 0.3) is 6.08 Å². The average Bonchev–Trinajstić information content (AvgIpc) is 2.85. The molecule has 1 N–H and O–H groups in total. The molecular formula is C16H26F2N2O3. The fourth-order valence-corrected chi connectivity index (χ4v) is 2.88. The maximum Gasteiger partial charge on any atom is 0.323 e. The Labute approximate surface area is 136 Å². The molecule has 0 spiro atoms. The van der Waals surface area contributed by atoms with Crippen LogP contribution in [-0.4, -0.2) is 49.1 Å². The minimum absolute atomic E-state index is 0.105. The fraction of sp³-hybridized carbons (Fsp3) is 0.750. The molecule has 1 rings (SSSR count). The van der Waals surface area contributed by atoms with Crippen molar-refractivity contribution in [1.29, 1.82) is 0 Å². The molecule has 0 bridgehead atoms. The van der Waals surface area contributed by atoms with Gasteiger partial charge in [0.05, 0.1) is 6.61 Å². The van der Waals surface area contributed by atoms with E-state index in [1.54, 1.807) is 6.92 Å². The van der Waals surface area contributed by atoms with Crippen molar-refractivity contribution in [1.82, 2.24) is 10.2 Å². The highest BCUT2D eigenvalue weighted by molar-refractivity contribution is 5.76. The maximum absolute atomic E-state index is 12.5. The third-order valence-corrected chi connectivity index (χ3v) is 4.07. The van der Waals surface area contributed by atoms with E-state index in [4.69, 9.17) is 4.74 Å². The van der Waals surface area contributed by atoms with Gasteiger partial charge in [0, 0.05) is 26.6 Å². The lowest BCUT2D eigenvalue weighted by molar-refractivity contribution is -0.148. The third kappa shape index (κ3) is 6.64. The number of carbonyl (C=O) groups excluding carboxylic acids is 2. The fourth-order valence-electron chi connectivity index (χ4n) is 2.88. The minimum atomic E-state index is -1.72. The SMILES string of the molecule is CCOC(=O)[C@H]1C[C@@H](C=C(F)F)CN1CC(CC)CNC(C)=O. The van der Waals surface area contributed by atoms with E-state index in [0.29, 0.717) is 26.1 Å². The van der Waals surface area contributed by atoms with E-state index >= 15 is 0 Å². The van der Waals surface area contributed by atoms with E-state index in [0.717, 1.165) is 12.5 Å². The molecule has 5 nitrogen and oxygen atoms in total. The molecule has 1 aliphatic heterocycles. The monoisotopic (exact) mass is 332 g/mol. The van der Waals surface area contributed by atoms with Gasteiger partial charge in [-0.05, 0) is 31.3 Å². The first-order valence-electron chi connectivity index (χ1n) is 8.05. The molecule has 132 valence electrons. The zero-order valence-electron chi connectivity index (χ0n) is 14.0. The van der Waals surface area contributed by atoms with Crippen LogP contribution >= 0.6 is 0 Å². The summed E-state index contributed by atoms with van der Waals surface area (Å²) in [4.78, 5) is 25.0. The number of rotatable bonds is 8. The highest BCUT2D eigenvalue weighted by Gasteiger charge is 2.38. The Morgan fingerprint density at radius 1 is 1.39 bits per heavy atom. The van der Waals surface area contributed by atoms with E-state index in [2.05, 4.69) is 5.32 Å². The summed E-state index contributed by atoms with van der Waals surface area (Å²) in [5, 5.41) is 2.77. The number of ether oxygens (including phenoxy) is 1. The molecule has 1 fully saturated rings. The van der Waals surface area contributed by atoms with Crippen molar-refractivity contribution in [2.75, 3.05) is 26.2 Å². The number of hydrogen-bond acceptors (Lipinski definition) is 4. The zero-order valence-corrected chi connectivity index (χ0v) is 14.0. The van der Waals surface area contributed by atoms with E-state index in [-0.39, 0.29) is 30.3 Å². The number of nitrogens with one attached hydrogen (secondary N) is 1. The van der Waals surface area contributed by atoms with E-state index < -0.39 is 12.1 Å². The molecule has 23 heavy (non-hydrogen) atoms. The molecule has 0 aliphatic carbocycles. The highest BCUT2D eigenvalue weighted by atomic mass is 19.3. The number of amides is 1. The second-order valence-corrected chi connectivity index (χ2v) is 5.89. The molecule has 0 aromatic heterocycles. The van der Waals surface area contributed by atoms with Crippen LogP contribution in [0.3, 0.4) is 0 Å². The van der Waals surface area contributed by atoms with Crippen LogP contribution in [0.15, 0.2) is 12.2 Å². The molecular weight excluding hydrogens is 306 g/mol. The van der Waals surface area contributed by atoms with Gasteiger partial charge in [-0.15, -0.1) is 0 Å². The zero-order chi connectivity index (χ0) is 17.4. The van der Waals surface area contributed by atoms with Crippen LogP contribution < -0.4 is 5.32 Å². The summed E-state index contributed by atoms with van der Waals surface area (Å²) in [7, 11) is 0. The molecule has 1 amide bonds. The number of likely N-dealkylation sites (tertiary alicyclic amines) is 1. The van der Waals surface area contributed by atoms with Crippen molar-refractivity contribution in [3.05, 3.63) is 12.2 Å². The first kappa shape index (κ1) is 19.5. The van der Waals surface area contributed by atoms with Crippen molar-refractivity contribution in [2.45, 2.75) is 39.7 Å². The summed E-state index contributed by atoms with van der Waals surface area (Å²) < 4.78 is 30.1. The van der Waals surface area contributed by atoms with Crippen LogP contribution in [0.25, 0.3) is 0 Å². The molecule has 1 aliphatic rings. The summed E-state index contributed by atoms with van der Waals surface area (Å²) in [6, 6.07) is -0.498. The van der Waals surface area contributed by atoms with Gasteiger partial charge in [-0.25, -0.2) is 0 Å². The van der Waals surface area contributed by atoms with Crippen molar-refractivity contribution in [3.63, 3.8) is 0 Å². The van der Waals surface area contributed by atoms with Gasteiger partial charge in [0.15, 0.2) is 0 Å². The van der Waals surface area contributed by atoms with Crippen molar-refractivity contribution in [2.24, 2.45) is 11.8 Å². The number of nitrogens with zero attached hydrogens (tertiary/aromatic N) is 1. The Balaban J connectivity index is 2.74. The van der Waals surface area contributed by atoms with Crippen LogP contribution in [0, 0.1) is 11.8 Å². The first-order valence-corrected chi connectivity index (χ1v) is 8.05.